The van der Waals surface area contributed by atoms with Crippen molar-refractivity contribution in [3.8, 4) is 0 Å². The molecule has 4 N–H and O–H groups in total. The highest BCUT2D eigenvalue weighted by Crippen LogP contribution is 2.18. The van der Waals surface area contributed by atoms with E-state index >= 15 is 0 Å². The van der Waals surface area contributed by atoms with Gasteiger partial charge in [0.15, 0.2) is 0 Å². The minimum Gasteiger partial charge on any atom is -0.378 e. The first-order valence-electron chi connectivity index (χ1n) is 9.56. The molecule has 1 saturated heterocycles. The Morgan fingerprint density at radius 1 is 0.962 bits per heavy atom. The largest absolute Gasteiger partial charge is 0.378 e. The molecule has 0 spiro atoms. The molecule has 1 aliphatic rings. The third kappa shape index (κ3) is 7.67. The third-order valence-electron chi connectivity index (χ3n) is 3.84. The molecule has 1 fully saturated rings. The van der Waals surface area contributed by atoms with Crippen LogP contribution in [0.1, 0.15) is 33.1 Å². The predicted octanol–water partition coefficient (Wildman–Crippen LogP) is 1.09. The summed E-state index contributed by atoms with van der Waals surface area (Å²) >= 11 is 0. The van der Waals surface area contributed by atoms with Crippen molar-refractivity contribution < 1.29 is 9.47 Å². The van der Waals surface area contributed by atoms with E-state index in [0.29, 0.717) is 51.4 Å². The Balaban J connectivity index is 1.85. The zero-order valence-corrected chi connectivity index (χ0v) is 16.0. The number of nitrogens with two attached hydrogens (primary N) is 1. The zero-order valence-electron chi connectivity index (χ0n) is 16.0. The van der Waals surface area contributed by atoms with Gasteiger partial charge in [0.2, 0.25) is 17.8 Å². The Morgan fingerprint density at radius 3 is 2.35 bits per heavy atom. The van der Waals surface area contributed by atoms with Crippen LogP contribution in [0.2, 0.25) is 0 Å². The molecular weight excluding hydrogens is 334 g/mol. The van der Waals surface area contributed by atoms with Crippen LogP contribution >= 0.6 is 0 Å². The molecule has 1 aromatic rings. The van der Waals surface area contributed by atoms with E-state index in [4.69, 9.17) is 15.2 Å². The van der Waals surface area contributed by atoms with Gasteiger partial charge in [-0.3, -0.25) is 0 Å². The van der Waals surface area contributed by atoms with Gasteiger partial charge in [0.05, 0.1) is 26.4 Å². The number of hydrogen-bond acceptors (Lipinski definition) is 9. The maximum atomic E-state index is 5.52. The van der Waals surface area contributed by atoms with Gasteiger partial charge in [-0.25, -0.2) is 0 Å². The lowest BCUT2D eigenvalue weighted by Crippen LogP contribution is -2.32. The summed E-state index contributed by atoms with van der Waals surface area (Å²) in [6.07, 6.45) is 3.64. The van der Waals surface area contributed by atoms with Gasteiger partial charge in [0, 0.05) is 32.2 Å². The normalized spacial score (nSPS) is 14.7. The van der Waals surface area contributed by atoms with Crippen molar-refractivity contribution in [2.45, 2.75) is 39.2 Å². The predicted molar refractivity (Wildman–Crippen MR) is 104 cm³/mol. The molecule has 2 rings (SSSR count). The molecule has 26 heavy (non-hydrogen) atoms. The van der Waals surface area contributed by atoms with Crippen molar-refractivity contribution in [3.63, 3.8) is 0 Å². The van der Waals surface area contributed by atoms with Gasteiger partial charge in [-0.2, -0.15) is 15.0 Å². The standard InChI is InChI=1S/C17H33N7O2/c1-14(2)20-16-21-15(19-7-11-26-13-12-25-10-6-18)22-17(23-16)24-8-4-3-5-9-24/h14H,3-13,18H2,1-2H3,(H2,19,20,21,22,23). The third-order valence-corrected chi connectivity index (χ3v) is 3.84. The Labute approximate surface area is 156 Å². The lowest BCUT2D eigenvalue weighted by molar-refractivity contribution is 0.0547. The second-order valence-electron chi connectivity index (χ2n) is 6.57. The average Bonchev–Trinajstić information content (AvgIpc) is 2.64. The molecule has 9 heteroatoms. The first kappa shape index (κ1) is 20.6. The monoisotopic (exact) mass is 367 g/mol. The highest BCUT2D eigenvalue weighted by Gasteiger charge is 2.16. The van der Waals surface area contributed by atoms with Gasteiger partial charge in [0.1, 0.15) is 0 Å². The number of rotatable bonds is 12. The summed E-state index contributed by atoms with van der Waals surface area (Å²) in [5.74, 6) is 1.92. The van der Waals surface area contributed by atoms with Crippen LogP contribution < -0.4 is 21.3 Å². The fourth-order valence-electron chi connectivity index (χ4n) is 2.64. The minimum atomic E-state index is 0.260. The molecule has 0 aromatic carbocycles. The summed E-state index contributed by atoms with van der Waals surface area (Å²) in [4.78, 5) is 15.8. The van der Waals surface area contributed by atoms with Crippen molar-refractivity contribution in [1.82, 2.24) is 15.0 Å². The van der Waals surface area contributed by atoms with Crippen molar-refractivity contribution in [3.05, 3.63) is 0 Å². The van der Waals surface area contributed by atoms with Crippen LogP contribution in [0.5, 0.6) is 0 Å². The fourth-order valence-corrected chi connectivity index (χ4v) is 2.64. The first-order chi connectivity index (χ1) is 12.7. The SMILES string of the molecule is CC(C)Nc1nc(NCCOCCOCCN)nc(N2CCCCC2)n1. The van der Waals surface area contributed by atoms with Crippen LogP contribution in [0.25, 0.3) is 0 Å². The van der Waals surface area contributed by atoms with Crippen molar-refractivity contribution in [2.75, 3.05) is 68.1 Å². The van der Waals surface area contributed by atoms with Crippen molar-refractivity contribution in [1.29, 1.82) is 0 Å². The highest BCUT2D eigenvalue weighted by molar-refractivity contribution is 5.44. The summed E-state index contributed by atoms with van der Waals surface area (Å²) < 4.78 is 10.8. The van der Waals surface area contributed by atoms with Crippen LogP contribution in [0.3, 0.4) is 0 Å². The van der Waals surface area contributed by atoms with Crippen LogP contribution in [-0.2, 0) is 9.47 Å². The van der Waals surface area contributed by atoms with Gasteiger partial charge in [-0.15, -0.1) is 0 Å². The Kier molecular flexibility index (Phi) is 9.36. The van der Waals surface area contributed by atoms with E-state index in [2.05, 4.69) is 44.3 Å². The second kappa shape index (κ2) is 11.8. The highest BCUT2D eigenvalue weighted by atomic mass is 16.5. The number of piperidine rings is 1. The molecule has 0 bridgehead atoms. The number of nitrogens with one attached hydrogen (secondary N) is 2. The summed E-state index contributed by atoms with van der Waals surface area (Å²) in [5, 5.41) is 6.49. The maximum Gasteiger partial charge on any atom is 0.231 e. The average molecular weight is 367 g/mol. The topological polar surface area (TPSA) is 110 Å². The first-order valence-corrected chi connectivity index (χ1v) is 9.56. The fraction of sp³-hybridized carbons (Fsp3) is 0.824. The molecule has 0 unspecified atom stereocenters. The molecule has 0 radical (unpaired) electrons. The van der Waals surface area contributed by atoms with E-state index in [1.54, 1.807) is 0 Å². The Hall–Kier alpha value is -1.71. The van der Waals surface area contributed by atoms with Crippen LogP contribution in [0.4, 0.5) is 17.8 Å². The summed E-state index contributed by atoms with van der Waals surface area (Å²) in [6, 6.07) is 0.260. The molecule has 1 aliphatic heterocycles. The summed E-state index contributed by atoms with van der Waals surface area (Å²) in [6.45, 7) is 9.53. The quantitative estimate of drug-likeness (QED) is 0.467. The molecule has 0 atom stereocenters. The Bertz CT molecular complexity index is 510. The number of hydrogen-bond donors (Lipinski definition) is 3. The van der Waals surface area contributed by atoms with E-state index in [0.717, 1.165) is 19.0 Å². The molecule has 2 heterocycles. The van der Waals surface area contributed by atoms with Gasteiger partial charge in [0.25, 0.3) is 0 Å². The zero-order chi connectivity index (χ0) is 18.6. The van der Waals surface area contributed by atoms with Gasteiger partial charge >= 0.3 is 0 Å². The molecule has 148 valence electrons. The number of aromatic nitrogens is 3. The van der Waals surface area contributed by atoms with Crippen LogP contribution in [0, 0.1) is 0 Å². The number of ether oxygens (including phenoxy) is 2. The van der Waals surface area contributed by atoms with E-state index in [1.165, 1.54) is 19.3 Å². The summed E-state index contributed by atoms with van der Waals surface area (Å²) in [7, 11) is 0. The van der Waals surface area contributed by atoms with Crippen LogP contribution in [-0.4, -0.2) is 73.6 Å². The minimum absolute atomic E-state index is 0.260. The molecule has 0 saturated carbocycles. The summed E-state index contributed by atoms with van der Waals surface area (Å²) in [5.41, 5.74) is 5.36. The van der Waals surface area contributed by atoms with Gasteiger partial charge in [-0.05, 0) is 33.1 Å². The number of anilines is 3. The number of nitrogens with zero attached hydrogens (tertiary/aromatic N) is 4. The smallest absolute Gasteiger partial charge is 0.231 e. The molecule has 1 aromatic heterocycles. The van der Waals surface area contributed by atoms with E-state index in [9.17, 15) is 0 Å². The van der Waals surface area contributed by atoms with E-state index in [-0.39, 0.29) is 6.04 Å². The lowest BCUT2D eigenvalue weighted by atomic mass is 10.1. The van der Waals surface area contributed by atoms with Crippen molar-refractivity contribution >= 4 is 17.8 Å². The maximum absolute atomic E-state index is 5.52. The Morgan fingerprint density at radius 2 is 1.65 bits per heavy atom. The molecular formula is C17H33N7O2. The molecule has 0 aliphatic carbocycles. The van der Waals surface area contributed by atoms with Gasteiger partial charge in [-0.1, -0.05) is 0 Å². The van der Waals surface area contributed by atoms with Crippen LogP contribution in [0.15, 0.2) is 0 Å². The molecule has 0 amide bonds. The van der Waals surface area contributed by atoms with Crippen molar-refractivity contribution in [2.24, 2.45) is 5.73 Å². The molecule has 9 nitrogen and oxygen atoms in total. The van der Waals surface area contributed by atoms with E-state index in [1.807, 2.05) is 0 Å². The second-order valence-corrected chi connectivity index (χ2v) is 6.57. The van der Waals surface area contributed by atoms with Gasteiger partial charge < -0.3 is 30.7 Å². The van der Waals surface area contributed by atoms with E-state index < -0.39 is 0 Å². The lowest BCUT2D eigenvalue weighted by Gasteiger charge is -2.27.